The van der Waals surface area contributed by atoms with Gasteiger partial charge in [-0.3, -0.25) is 4.79 Å². The molecule has 0 bridgehead atoms. The highest BCUT2D eigenvalue weighted by Crippen LogP contribution is 2.06. The molecule has 8 heteroatoms. The first-order valence-corrected chi connectivity index (χ1v) is 6.44. The van der Waals surface area contributed by atoms with Crippen LogP contribution in [0.1, 0.15) is 20.7 Å². The Bertz CT molecular complexity index is 918. The molecule has 0 fully saturated rings. The zero-order valence-corrected chi connectivity index (χ0v) is 11.6. The predicted molar refractivity (Wildman–Crippen MR) is 75.8 cm³/mol. The molecule has 3 aromatic heterocycles. The number of rotatable bonds is 4. The summed E-state index contributed by atoms with van der Waals surface area (Å²) in [6, 6.07) is 4.63. The largest absolute Gasteiger partial charge is 0.454 e. The molecule has 0 aliphatic rings. The normalized spacial score (nSPS) is 10.8. The number of carbonyl (C=O) groups excluding carboxylic acids is 2. The van der Waals surface area contributed by atoms with Crippen LogP contribution in [0.25, 0.3) is 5.65 Å². The number of aromatic amines is 1. The number of aromatic nitrogens is 4. The van der Waals surface area contributed by atoms with E-state index in [1.165, 1.54) is 22.7 Å². The standard InChI is InChI=1S/C14H12N4O4/c1-17-5-4-9(6-17)11(19)8-22-13(20)10-2-3-12-15-16-14(21)18(12)7-10/h2-7H,8H2,1H3,(H,16,21). The van der Waals surface area contributed by atoms with Crippen LogP contribution in [0.15, 0.2) is 41.6 Å². The highest BCUT2D eigenvalue weighted by atomic mass is 16.5. The molecule has 3 rings (SSSR count). The second-order valence-electron chi connectivity index (χ2n) is 4.74. The molecule has 1 N–H and O–H groups in total. The molecule has 0 aliphatic carbocycles. The number of ketones is 1. The quantitative estimate of drug-likeness (QED) is 0.555. The monoisotopic (exact) mass is 300 g/mol. The molecule has 0 saturated heterocycles. The van der Waals surface area contributed by atoms with Crippen LogP contribution in [-0.2, 0) is 11.8 Å². The maximum absolute atomic E-state index is 11.9. The molecule has 3 heterocycles. The van der Waals surface area contributed by atoms with E-state index in [4.69, 9.17) is 4.74 Å². The van der Waals surface area contributed by atoms with Crippen molar-refractivity contribution in [3.63, 3.8) is 0 Å². The fraction of sp³-hybridized carbons (Fsp3) is 0.143. The molecule has 0 spiro atoms. The fourth-order valence-corrected chi connectivity index (χ4v) is 1.99. The third-order valence-corrected chi connectivity index (χ3v) is 3.14. The Labute approximate surface area is 123 Å². The number of carbonyl (C=O) groups is 2. The van der Waals surface area contributed by atoms with Crippen LogP contribution in [0, 0.1) is 0 Å². The number of aryl methyl sites for hydroxylation is 1. The van der Waals surface area contributed by atoms with Gasteiger partial charge in [-0.15, -0.1) is 0 Å². The Morgan fingerprint density at radius 1 is 1.23 bits per heavy atom. The molecule has 0 saturated carbocycles. The van der Waals surface area contributed by atoms with E-state index in [0.29, 0.717) is 11.2 Å². The second kappa shape index (κ2) is 5.32. The average molecular weight is 300 g/mol. The first-order chi connectivity index (χ1) is 10.5. The third-order valence-electron chi connectivity index (χ3n) is 3.14. The van der Waals surface area contributed by atoms with Gasteiger partial charge in [-0.2, -0.15) is 5.10 Å². The fourth-order valence-electron chi connectivity index (χ4n) is 1.99. The number of nitrogens with one attached hydrogen (secondary N) is 1. The number of hydrogen-bond acceptors (Lipinski definition) is 5. The lowest BCUT2D eigenvalue weighted by Gasteiger charge is -2.03. The van der Waals surface area contributed by atoms with Gasteiger partial charge in [0, 0.05) is 31.2 Å². The Balaban J connectivity index is 1.71. The van der Waals surface area contributed by atoms with Crippen LogP contribution in [0.3, 0.4) is 0 Å². The number of hydrogen-bond donors (Lipinski definition) is 1. The first kappa shape index (κ1) is 13.8. The van der Waals surface area contributed by atoms with Crippen LogP contribution in [0.2, 0.25) is 0 Å². The molecule has 112 valence electrons. The van der Waals surface area contributed by atoms with E-state index in [9.17, 15) is 14.4 Å². The van der Waals surface area contributed by atoms with Crippen molar-refractivity contribution in [3.05, 3.63) is 58.4 Å². The molecule has 0 aliphatic heterocycles. The lowest BCUT2D eigenvalue weighted by Crippen LogP contribution is -2.16. The summed E-state index contributed by atoms with van der Waals surface area (Å²) in [7, 11) is 1.79. The van der Waals surface area contributed by atoms with E-state index in [1.54, 1.807) is 30.1 Å². The van der Waals surface area contributed by atoms with Gasteiger partial charge in [-0.05, 0) is 18.2 Å². The number of Topliss-reactive ketones (excluding diaryl/α,β-unsaturated/α-hetero) is 1. The third kappa shape index (κ3) is 2.53. The molecule has 3 aromatic rings. The van der Waals surface area contributed by atoms with Crippen molar-refractivity contribution >= 4 is 17.4 Å². The number of ether oxygens (including phenoxy) is 1. The van der Waals surface area contributed by atoms with E-state index < -0.39 is 11.7 Å². The van der Waals surface area contributed by atoms with Gasteiger partial charge in [0.2, 0.25) is 5.78 Å². The van der Waals surface area contributed by atoms with Crippen molar-refractivity contribution in [3.8, 4) is 0 Å². The van der Waals surface area contributed by atoms with Gasteiger partial charge in [0.1, 0.15) is 0 Å². The highest BCUT2D eigenvalue weighted by Gasteiger charge is 2.13. The summed E-state index contributed by atoms with van der Waals surface area (Å²) in [5.41, 5.74) is 0.570. The van der Waals surface area contributed by atoms with Gasteiger partial charge in [-0.25, -0.2) is 19.1 Å². The Hall–Kier alpha value is -3.16. The number of H-pyrrole nitrogens is 1. The molecule has 8 nitrogen and oxygen atoms in total. The van der Waals surface area contributed by atoms with Gasteiger partial charge in [-0.1, -0.05) is 0 Å². The van der Waals surface area contributed by atoms with Crippen molar-refractivity contribution in [2.24, 2.45) is 7.05 Å². The molecular weight excluding hydrogens is 288 g/mol. The van der Waals surface area contributed by atoms with Crippen LogP contribution in [0.4, 0.5) is 0 Å². The first-order valence-electron chi connectivity index (χ1n) is 6.44. The summed E-state index contributed by atoms with van der Waals surface area (Å²) in [6.45, 7) is -0.360. The summed E-state index contributed by atoms with van der Waals surface area (Å²) in [6.07, 6.45) is 4.69. The smallest absolute Gasteiger partial charge is 0.347 e. The van der Waals surface area contributed by atoms with Crippen LogP contribution < -0.4 is 5.69 Å². The van der Waals surface area contributed by atoms with E-state index >= 15 is 0 Å². The number of esters is 1. The Kier molecular flexibility index (Phi) is 3.34. The SMILES string of the molecule is Cn1ccc(C(=O)COC(=O)c2ccc3n[nH]c(=O)n3c2)c1. The number of pyridine rings is 1. The molecular formula is C14H12N4O4. The maximum atomic E-state index is 11.9. The lowest BCUT2D eigenvalue weighted by molar-refractivity contribution is 0.0474. The van der Waals surface area contributed by atoms with Gasteiger partial charge in [0.05, 0.1) is 5.56 Å². The van der Waals surface area contributed by atoms with Gasteiger partial charge >= 0.3 is 11.7 Å². The number of nitrogens with zero attached hydrogens (tertiary/aromatic N) is 3. The topological polar surface area (TPSA) is 98.5 Å². The minimum absolute atomic E-state index is 0.164. The summed E-state index contributed by atoms with van der Waals surface area (Å²) in [4.78, 5) is 35.2. The van der Waals surface area contributed by atoms with Crippen LogP contribution in [0.5, 0.6) is 0 Å². The minimum atomic E-state index is -0.681. The molecule has 0 aromatic carbocycles. The zero-order chi connectivity index (χ0) is 15.7. The minimum Gasteiger partial charge on any atom is -0.454 e. The van der Waals surface area contributed by atoms with Gasteiger partial charge in [0.25, 0.3) is 0 Å². The van der Waals surface area contributed by atoms with E-state index in [-0.39, 0.29) is 18.0 Å². The van der Waals surface area contributed by atoms with Crippen molar-refractivity contribution in [1.82, 2.24) is 19.2 Å². The van der Waals surface area contributed by atoms with E-state index in [0.717, 1.165) is 0 Å². The lowest BCUT2D eigenvalue weighted by atomic mass is 10.2. The molecule has 0 amide bonds. The van der Waals surface area contributed by atoms with Crippen LogP contribution in [-0.4, -0.2) is 37.5 Å². The Morgan fingerprint density at radius 2 is 2.05 bits per heavy atom. The molecule has 0 unspecified atom stereocenters. The van der Waals surface area contributed by atoms with Crippen molar-refractivity contribution in [1.29, 1.82) is 0 Å². The molecule has 22 heavy (non-hydrogen) atoms. The van der Waals surface area contributed by atoms with E-state index in [2.05, 4.69) is 10.2 Å². The highest BCUT2D eigenvalue weighted by molar-refractivity contribution is 5.99. The van der Waals surface area contributed by atoms with Crippen LogP contribution >= 0.6 is 0 Å². The van der Waals surface area contributed by atoms with Crippen molar-refractivity contribution in [2.75, 3.05) is 6.61 Å². The van der Waals surface area contributed by atoms with Gasteiger partial charge < -0.3 is 9.30 Å². The molecule has 0 radical (unpaired) electrons. The molecule has 0 atom stereocenters. The predicted octanol–water partition coefficient (Wildman–Crippen LogP) is 0.401. The van der Waals surface area contributed by atoms with E-state index in [1.807, 2.05) is 0 Å². The van der Waals surface area contributed by atoms with Gasteiger partial charge in [0.15, 0.2) is 12.3 Å². The summed E-state index contributed by atoms with van der Waals surface area (Å²) >= 11 is 0. The van der Waals surface area contributed by atoms with Crippen molar-refractivity contribution in [2.45, 2.75) is 0 Å². The number of fused-ring (bicyclic) bond motifs is 1. The zero-order valence-electron chi connectivity index (χ0n) is 11.6. The average Bonchev–Trinajstić information content (AvgIpc) is 3.11. The summed E-state index contributed by atoms with van der Waals surface area (Å²) in [5.74, 6) is -0.977. The van der Waals surface area contributed by atoms with Crippen molar-refractivity contribution < 1.29 is 14.3 Å². The Morgan fingerprint density at radius 3 is 2.77 bits per heavy atom. The summed E-state index contributed by atoms with van der Waals surface area (Å²) in [5, 5.41) is 6.02. The summed E-state index contributed by atoms with van der Waals surface area (Å²) < 4.78 is 7.90. The maximum Gasteiger partial charge on any atom is 0.347 e. The second-order valence-corrected chi connectivity index (χ2v) is 4.74.